The van der Waals surface area contributed by atoms with Crippen molar-refractivity contribution in [3.05, 3.63) is 0 Å². The number of hydrogen-bond acceptors (Lipinski definition) is 15. The largest absolute Gasteiger partial charge is 0.472 e. The van der Waals surface area contributed by atoms with Crippen molar-refractivity contribution in [1.82, 2.24) is 0 Å². The number of unbranched alkanes of at least 4 members (excludes halogenated alkanes) is 33. The first kappa shape index (κ1) is 90.1. The van der Waals surface area contributed by atoms with Crippen molar-refractivity contribution in [2.24, 2.45) is 23.7 Å². The lowest BCUT2D eigenvalue weighted by Gasteiger charge is -2.21. The summed E-state index contributed by atoms with van der Waals surface area (Å²) in [5.74, 6) is 0.963. The predicted octanol–water partition coefficient (Wildman–Crippen LogP) is 20.9. The molecular formula is C73H142O17P2. The van der Waals surface area contributed by atoms with Gasteiger partial charge in [0.15, 0.2) is 12.2 Å². The molecule has 0 bridgehead atoms. The van der Waals surface area contributed by atoms with Crippen LogP contribution in [-0.4, -0.2) is 96.7 Å². The summed E-state index contributed by atoms with van der Waals surface area (Å²) in [6, 6.07) is 0. The van der Waals surface area contributed by atoms with Gasteiger partial charge in [-0.1, -0.05) is 312 Å². The molecule has 17 nitrogen and oxygen atoms in total. The molecule has 3 N–H and O–H groups in total. The van der Waals surface area contributed by atoms with Gasteiger partial charge in [-0.15, -0.1) is 0 Å². The van der Waals surface area contributed by atoms with Crippen molar-refractivity contribution >= 4 is 39.5 Å². The van der Waals surface area contributed by atoms with Crippen LogP contribution in [0.2, 0.25) is 0 Å². The molecule has 0 saturated carbocycles. The van der Waals surface area contributed by atoms with Crippen LogP contribution in [-0.2, 0) is 65.4 Å². The van der Waals surface area contributed by atoms with E-state index in [4.69, 9.17) is 37.0 Å². The van der Waals surface area contributed by atoms with E-state index < -0.39 is 97.5 Å². The molecule has 0 aliphatic carbocycles. The van der Waals surface area contributed by atoms with Gasteiger partial charge in [0.2, 0.25) is 0 Å². The second kappa shape index (κ2) is 62.6. The summed E-state index contributed by atoms with van der Waals surface area (Å²) < 4.78 is 68.4. The minimum atomic E-state index is -4.95. The molecule has 0 spiro atoms. The summed E-state index contributed by atoms with van der Waals surface area (Å²) in [4.78, 5) is 72.7. The lowest BCUT2D eigenvalue weighted by molar-refractivity contribution is -0.161. The molecule has 8 atom stereocenters. The third-order valence-corrected chi connectivity index (χ3v) is 19.8. The topological polar surface area (TPSA) is 237 Å². The van der Waals surface area contributed by atoms with Crippen LogP contribution in [0.5, 0.6) is 0 Å². The summed E-state index contributed by atoms with van der Waals surface area (Å²) >= 11 is 0. The zero-order valence-corrected chi connectivity index (χ0v) is 62.0. The molecule has 0 heterocycles. The van der Waals surface area contributed by atoms with Crippen LogP contribution in [0.3, 0.4) is 0 Å². The number of ether oxygens (including phenoxy) is 4. The van der Waals surface area contributed by atoms with Crippen LogP contribution in [0.25, 0.3) is 0 Å². The Morgan fingerprint density at radius 2 is 0.522 bits per heavy atom. The van der Waals surface area contributed by atoms with Gasteiger partial charge in [0.05, 0.1) is 26.4 Å². The Morgan fingerprint density at radius 1 is 0.304 bits per heavy atom. The Labute approximate surface area is 562 Å². The number of esters is 4. The van der Waals surface area contributed by atoms with Crippen molar-refractivity contribution in [2.45, 2.75) is 382 Å². The van der Waals surface area contributed by atoms with Gasteiger partial charge in [0.1, 0.15) is 19.3 Å². The van der Waals surface area contributed by atoms with Gasteiger partial charge >= 0.3 is 39.5 Å². The van der Waals surface area contributed by atoms with Crippen LogP contribution in [0, 0.1) is 23.7 Å². The average Bonchev–Trinajstić information content (AvgIpc) is 2.37. The van der Waals surface area contributed by atoms with E-state index in [1.165, 1.54) is 161 Å². The lowest BCUT2D eigenvalue weighted by Crippen LogP contribution is -2.30. The van der Waals surface area contributed by atoms with Crippen molar-refractivity contribution in [1.29, 1.82) is 0 Å². The maximum Gasteiger partial charge on any atom is 0.472 e. The molecule has 0 aromatic heterocycles. The molecule has 0 amide bonds. The van der Waals surface area contributed by atoms with Crippen LogP contribution >= 0.6 is 15.6 Å². The molecule has 0 fully saturated rings. The standard InChI is InChI=1S/C73H142O17P2/c1-9-64(6)50-42-34-26-20-16-14-12-13-15-17-21-29-39-47-55-72(77)89-69(60-84-71(76)54-46-38-32-31-36-44-52-66(8)11-3)62-88-92(81,82)86-58-67(74)57-85-91(79,80)87-61-68(90-73(78)56-48-40-30-24-23-27-35-43-51-65(7)10-2)59-83-70(75)53-45-37-28-22-18-19-25-33-41-49-63(4)5/h63-69,74H,9-62H2,1-8H3,(H,79,80)(H,81,82)/t64?,65?,66?,67-,68-,69-/m1/s1. The average molecular weight is 1350 g/mol. The van der Waals surface area contributed by atoms with E-state index in [1.807, 2.05) is 0 Å². The molecule has 0 saturated heterocycles. The molecule has 0 radical (unpaired) electrons. The van der Waals surface area contributed by atoms with E-state index in [1.54, 1.807) is 0 Å². The number of carbonyl (C=O) groups excluding carboxylic acids is 4. The first-order chi connectivity index (χ1) is 44.2. The zero-order chi connectivity index (χ0) is 68.2. The second-order valence-electron chi connectivity index (χ2n) is 27.5. The molecule has 0 aromatic rings. The normalized spacial score (nSPS) is 15.1. The van der Waals surface area contributed by atoms with Crippen LogP contribution in [0.15, 0.2) is 0 Å². The fourth-order valence-electron chi connectivity index (χ4n) is 10.9. The van der Waals surface area contributed by atoms with Gasteiger partial charge in [-0.25, -0.2) is 9.13 Å². The zero-order valence-electron chi connectivity index (χ0n) is 60.2. The van der Waals surface area contributed by atoms with Crippen molar-refractivity contribution in [2.75, 3.05) is 39.6 Å². The highest BCUT2D eigenvalue weighted by molar-refractivity contribution is 7.47. The van der Waals surface area contributed by atoms with Crippen LogP contribution in [0.1, 0.15) is 364 Å². The maximum atomic E-state index is 13.0. The summed E-state index contributed by atoms with van der Waals surface area (Å²) in [6.07, 6.45) is 45.7. The molecule has 0 aliphatic rings. The van der Waals surface area contributed by atoms with Gasteiger partial charge in [-0.05, 0) is 49.4 Å². The Balaban J connectivity index is 5.24. The van der Waals surface area contributed by atoms with Gasteiger partial charge < -0.3 is 33.8 Å². The first-order valence-corrected chi connectivity index (χ1v) is 40.8. The number of aliphatic hydroxyl groups is 1. The van der Waals surface area contributed by atoms with Gasteiger partial charge in [-0.2, -0.15) is 0 Å². The fraction of sp³-hybridized carbons (Fsp3) is 0.945. The SMILES string of the molecule is CCC(C)CCCCCCCCCCCCCCCCC(=O)O[C@H](COC(=O)CCCCCCCCC(C)CC)COP(=O)(O)OC[C@H](O)COP(=O)(O)OC[C@@H](COC(=O)CCCCCCCCCCCC(C)C)OC(=O)CCCCCCCCCCC(C)CC. The van der Waals surface area contributed by atoms with Crippen LogP contribution < -0.4 is 0 Å². The molecular weight excluding hydrogens is 1210 g/mol. The third-order valence-electron chi connectivity index (χ3n) is 17.9. The van der Waals surface area contributed by atoms with Gasteiger partial charge in [-0.3, -0.25) is 37.3 Å². The quantitative estimate of drug-likeness (QED) is 0.0222. The highest BCUT2D eigenvalue weighted by Gasteiger charge is 2.30. The van der Waals surface area contributed by atoms with E-state index in [0.717, 1.165) is 120 Å². The van der Waals surface area contributed by atoms with Crippen molar-refractivity contribution < 1.29 is 80.2 Å². The Bertz CT molecular complexity index is 1820. The van der Waals surface area contributed by atoms with Crippen molar-refractivity contribution in [3.63, 3.8) is 0 Å². The number of hydrogen-bond donors (Lipinski definition) is 3. The molecule has 0 aromatic carbocycles. The van der Waals surface area contributed by atoms with Crippen LogP contribution in [0.4, 0.5) is 0 Å². The number of rotatable bonds is 70. The van der Waals surface area contributed by atoms with Gasteiger partial charge in [0.25, 0.3) is 0 Å². The Hall–Kier alpha value is -1.94. The molecule has 546 valence electrons. The highest BCUT2D eigenvalue weighted by Crippen LogP contribution is 2.45. The Morgan fingerprint density at radius 3 is 0.772 bits per heavy atom. The molecule has 0 rings (SSSR count). The van der Waals surface area contributed by atoms with Crippen molar-refractivity contribution in [3.8, 4) is 0 Å². The minimum Gasteiger partial charge on any atom is -0.462 e. The Kier molecular flexibility index (Phi) is 61.3. The highest BCUT2D eigenvalue weighted by atomic mass is 31.2. The monoisotopic (exact) mass is 1350 g/mol. The summed E-state index contributed by atoms with van der Waals surface area (Å²) in [7, 11) is -9.91. The second-order valence-corrected chi connectivity index (χ2v) is 30.4. The predicted molar refractivity (Wildman–Crippen MR) is 372 cm³/mol. The molecule has 5 unspecified atom stereocenters. The molecule has 92 heavy (non-hydrogen) atoms. The first-order valence-electron chi connectivity index (χ1n) is 37.8. The molecule has 0 aliphatic heterocycles. The van der Waals surface area contributed by atoms with E-state index in [0.29, 0.717) is 25.7 Å². The summed E-state index contributed by atoms with van der Waals surface area (Å²) in [6.45, 7) is 14.2. The maximum absolute atomic E-state index is 13.0. The van der Waals surface area contributed by atoms with E-state index in [9.17, 15) is 43.2 Å². The molecule has 19 heteroatoms. The lowest BCUT2D eigenvalue weighted by atomic mass is 9.99. The minimum absolute atomic E-state index is 0.104. The van der Waals surface area contributed by atoms with E-state index in [-0.39, 0.29) is 25.7 Å². The fourth-order valence-corrected chi connectivity index (χ4v) is 12.5. The number of aliphatic hydroxyl groups excluding tert-OH is 1. The van der Waals surface area contributed by atoms with E-state index >= 15 is 0 Å². The summed E-state index contributed by atoms with van der Waals surface area (Å²) in [5, 5.41) is 10.6. The number of carbonyl (C=O) groups is 4. The smallest absolute Gasteiger partial charge is 0.462 e. The summed E-state index contributed by atoms with van der Waals surface area (Å²) in [5.41, 5.74) is 0. The third kappa shape index (κ3) is 62.8. The van der Waals surface area contributed by atoms with E-state index in [2.05, 4.69) is 55.4 Å². The number of phosphoric acid groups is 2. The number of phosphoric ester groups is 2. The van der Waals surface area contributed by atoms with Gasteiger partial charge in [0, 0.05) is 25.7 Å².